The fourth-order valence-corrected chi connectivity index (χ4v) is 5.41. The van der Waals surface area contributed by atoms with E-state index in [9.17, 15) is 4.79 Å². The van der Waals surface area contributed by atoms with E-state index >= 15 is 0 Å². The molecule has 0 unspecified atom stereocenters. The minimum atomic E-state index is -0.296. The van der Waals surface area contributed by atoms with E-state index in [1.807, 2.05) is 48.5 Å². The molecule has 0 aliphatic carbocycles. The number of aromatic nitrogens is 3. The number of fused-ring (bicyclic) bond motifs is 1. The molecular weight excluding hydrogens is 557 g/mol. The summed E-state index contributed by atoms with van der Waals surface area (Å²) in [5, 5.41) is 4.98. The average molecular weight is 579 g/mol. The number of nitrogens with one attached hydrogen (secondary N) is 2. The Morgan fingerprint density at radius 3 is 2.38 bits per heavy atom. The topological polar surface area (TPSA) is 83.1 Å². The van der Waals surface area contributed by atoms with Gasteiger partial charge < -0.3 is 19.9 Å². The first-order valence-electron chi connectivity index (χ1n) is 12.3. The van der Waals surface area contributed by atoms with Crippen molar-refractivity contribution in [3.8, 4) is 22.4 Å². The molecule has 1 fully saturated rings. The van der Waals surface area contributed by atoms with Crippen LogP contribution in [0.4, 0.5) is 17.2 Å². The van der Waals surface area contributed by atoms with Crippen LogP contribution < -0.4 is 15.8 Å². The third kappa shape index (κ3) is 5.06. The van der Waals surface area contributed by atoms with Gasteiger partial charge in [-0.3, -0.25) is 4.79 Å². The Balaban J connectivity index is 1.46. The fourth-order valence-electron chi connectivity index (χ4n) is 4.74. The van der Waals surface area contributed by atoms with Gasteiger partial charge in [0.05, 0.1) is 40.8 Å². The molecule has 2 aromatic heterocycles. The lowest BCUT2D eigenvalue weighted by Crippen LogP contribution is -2.36. The Morgan fingerprint density at radius 1 is 0.897 bits per heavy atom. The van der Waals surface area contributed by atoms with E-state index in [1.54, 1.807) is 18.2 Å². The van der Waals surface area contributed by atoms with Gasteiger partial charge >= 0.3 is 0 Å². The van der Waals surface area contributed by atoms with Gasteiger partial charge in [-0.25, -0.2) is 9.97 Å². The van der Waals surface area contributed by atoms with E-state index in [2.05, 4.69) is 20.2 Å². The van der Waals surface area contributed by atoms with Crippen LogP contribution in [0.15, 0.2) is 77.9 Å². The second-order valence-corrected chi connectivity index (χ2v) is 10.2. The molecule has 3 aromatic carbocycles. The van der Waals surface area contributed by atoms with Crippen molar-refractivity contribution in [1.29, 1.82) is 0 Å². The summed E-state index contributed by atoms with van der Waals surface area (Å²) in [6.45, 7) is 3.12. The summed E-state index contributed by atoms with van der Waals surface area (Å²) in [6.07, 6.45) is 1.38. The molecule has 1 aliphatic rings. The van der Waals surface area contributed by atoms with Gasteiger partial charge in [0.15, 0.2) is 0 Å². The molecule has 2 N–H and O–H groups in total. The van der Waals surface area contributed by atoms with Gasteiger partial charge in [0, 0.05) is 46.2 Å². The quantitative estimate of drug-likeness (QED) is 0.230. The maximum Gasteiger partial charge on any atom is 0.262 e. The predicted octanol–water partition coefficient (Wildman–Crippen LogP) is 7.19. The molecule has 0 spiro atoms. The lowest BCUT2D eigenvalue weighted by molar-refractivity contribution is 0.122. The summed E-state index contributed by atoms with van der Waals surface area (Å²) < 4.78 is 5.46. The highest BCUT2D eigenvalue weighted by Gasteiger charge is 2.19. The number of ether oxygens (including phenoxy) is 1. The Hall–Kier alpha value is -3.62. The number of aromatic amines is 1. The number of morpholine rings is 1. The van der Waals surface area contributed by atoms with Crippen molar-refractivity contribution in [3.05, 3.63) is 98.5 Å². The zero-order valence-corrected chi connectivity index (χ0v) is 22.8. The second-order valence-electron chi connectivity index (χ2n) is 9.02. The number of halogens is 3. The molecule has 3 heterocycles. The summed E-state index contributed by atoms with van der Waals surface area (Å²) in [7, 11) is 0. The first kappa shape index (κ1) is 25.6. The fraction of sp³-hybridized carbons (Fsp3) is 0.138. The molecule has 6 rings (SSSR count). The molecular formula is C29H22Cl3N5O2. The number of H-pyrrole nitrogens is 1. The summed E-state index contributed by atoms with van der Waals surface area (Å²) in [4.78, 5) is 27.1. The summed E-state index contributed by atoms with van der Waals surface area (Å²) in [5.74, 6) is 0.374. The molecule has 0 amide bonds. The van der Waals surface area contributed by atoms with Gasteiger partial charge in [-0.05, 0) is 42.5 Å². The lowest BCUT2D eigenvalue weighted by atomic mass is 9.96. The third-order valence-corrected chi connectivity index (χ3v) is 7.78. The number of benzene rings is 3. The van der Waals surface area contributed by atoms with E-state index in [0.717, 1.165) is 30.0 Å². The predicted molar refractivity (Wildman–Crippen MR) is 159 cm³/mol. The highest BCUT2D eigenvalue weighted by Crippen LogP contribution is 2.43. The van der Waals surface area contributed by atoms with Crippen molar-refractivity contribution < 1.29 is 4.74 Å². The molecule has 0 atom stereocenters. The van der Waals surface area contributed by atoms with E-state index in [-0.39, 0.29) is 5.56 Å². The van der Waals surface area contributed by atoms with Crippen LogP contribution in [0, 0.1) is 0 Å². The SMILES string of the molecule is O=c1[nH]cnc2cc(-c3cccc(Cl)c3-c3cccc(Cl)c3Cl)nc(Nc3ccc(N4CCOCC4)cc3)c12. The number of anilines is 3. The molecule has 0 saturated carbocycles. The van der Waals surface area contributed by atoms with Crippen LogP contribution in [0.25, 0.3) is 33.3 Å². The number of hydrogen-bond donors (Lipinski definition) is 2. The molecule has 0 radical (unpaired) electrons. The van der Waals surface area contributed by atoms with E-state index in [1.165, 1.54) is 6.33 Å². The van der Waals surface area contributed by atoms with Gasteiger partial charge in [0.1, 0.15) is 11.2 Å². The number of hydrogen-bond acceptors (Lipinski definition) is 6. The van der Waals surface area contributed by atoms with Gasteiger partial charge in [-0.1, -0.05) is 59.1 Å². The summed E-state index contributed by atoms with van der Waals surface area (Å²) in [6, 6.07) is 20.7. The average Bonchev–Trinajstić information content (AvgIpc) is 2.95. The molecule has 1 saturated heterocycles. The first-order valence-corrected chi connectivity index (χ1v) is 13.4. The molecule has 1 aliphatic heterocycles. The van der Waals surface area contributed by atoms with E-state index < -0.39 is 0 Å². The Labute approximate surface area is 239 Å². The van der Waals surface area contributed by atoms with Crippen molar-refractivity contribution in [2.24, 2.45) is 0 Å². The molecule has 196 valence electrons. The highest BCUT2D eigenvalue weighted by molar-refractivity contribution is 6.44. The van der Waals surface area contributed by atoms with Gasteiger partial charge in [0.25, 0.3) is 5.56 Å². The molecule has 0 bridgehead atoms. The maximum atomic E-state index is 12.9. The van der Waals surface area contributed by atoms with Crippen LogP contribution in [0.1, 0.15) is 0 Å². The zero-order chi connectivity index (χ0) is 26.9. The maximum absolute atomic E-state index is 12.9. The standard InChI is InChI=1S/C29H22Cl3N5O2/c30-21-5-1-3-19(25(21)20-4-2-6-22(31)27(20)32)23-15-24-26(29(38)34-16-33-24)28(36-23)35-17-7-9-18(10-8-17)37-11-13-39-14-12-37/h1-10,15-16H,11-14H2,(H,35,36)(H,33,34,38). The monoisotopic (exact) mass is 577 g/mol. The highest BCUT2D eigenvalue weighted by atomic mass is 35.5. The van der Waals surface area contributed by atoms with Gasteiger partial charge in [-0.2, -0.15) is 0 Å². The van der Waals surface area contributed by atoms with Gasteiger partial charge in [-0.15, -0.1) is 0 Å². The Bertz CT molecular complexity index is 1730. The summed E-state index contributed by atoms with van der Waals surface area (Å²) in [5.41, 5.74) is 4.74. The number of rotatable bonds is 5. The van der Waals surface area contributed by atoms with Crippen LogP contribution in [-0.2, 0) is 4.74 Å². The lowest BCUT2D eigenvalue weighted by Gasteiger charge is -2.28. The van der Waals surface area contributed by atoms with Crippen molar-refractivity contribution >= 4 is 62.9 Å². The summed E-state index contributed by atoms with van der Waals surface area (Å²) >= 11 is 19.6. The van der Waals surface area contributed by atoms with Crippen LogP contribution in [0.3, 0.4) is 0 Å². The van der Waals surface area contributed by atoms with Crippen molar-refractivity contribution in [2.45, 2.75) is 0 Å². The molecule has 5 aromatic rings. The van der Waals surface area contributed by atoms with E-state index in [4.69, 9.17) is 44.5 Å². The molecule has 10 heteroatoms. The normalized spacial score (nSPS) is 13.6. The minimum absolute atomic E-state index is 0.296. The second kappa shape index (κ2) is 10.9. The number of nitrogens with zero attached hydrogens (tertiary/aromatic N) is 3. The van der Waals surface area contributed by atoms with Crippen LogP contribution in [0.5, 0.6) is 0 Å². The van der Waals surface area contributed by atoms with Gasteiger partial charge in [0.2, 0.25) is 0 Å². The Kier molecular flexibility index (Phi) is 7.14. The smallest absolute Gasteiger partial charge is 0.262 e. The van der Waals surface area contributed by atoms with E-state index in [0.29, 0.717) is 61.8 Å². The zero-order valence-electron chi connectivity index (χ0n) is 20.5. The minimum Gasteiger partial charge on any atom is -0.378 e. The first-order chi connectivity index (χ1) is 19.0. The van der Waals surface area contributed by atoms with Crippen LogP contribution in [-0.4, -0.2) is 41.3 Å². The number of pyridine rings is 1. The van der Waals surface area contributed by atoms with Crippen molar-refractivity contribution in [2.75, 3.05) is 36.5 Å². The van der Waals surface area contributed by atoms with Crippen molar-refractivity contribution in [3.63, 3.8) is 0 Å². The third-order valence-electron chi connectivity index (χ3n) is 6.64. The largest absolute Gasteiger partial charge is 0.378 e. The van der Waals surface area contributed by atoms with Crippen LogP contribution in [0.2, 0.25) is 15.1 Å². The van der Waals surface area contributed by atoms with Crippen LogP contribution >= 0.6 is 34.8 Å². The molecule has 39 heavy (non-hydrogen) atoms. The van der Waals surface area contributed by atoms with Crippen molar-refractivity contribution in [1.82, 2.24) is 15.0 Å². The Morgan fingerprint density at radius 2 is 1.62 bits per heavy atom. The molecule has 7 nitrogen and oxygen atoms in total.